The van der Waals surface area contributed by atoms with Crippen LogP contribution in [0.15, 0.2) is 39.2 Å². The molecule has 0 fully saturated rings. The first-order valence-electron chi connectivity index (χ1n) is 8.88. The summed E-state index contributed by atoms with van der Waals surface area (Å²) in [5, 5.41) is 1.09. The van der Waals surface area contributed by atoms with Crippen LogP contribution in [0.1, 0.15) is 58.1 Å². The van der Waals surface area contributed by atoms with Crippen molar-refractivity contribution in [1.82, 2.24) is 4.90 Å². The minimum absolute atomic E-state index is 0.0823. The first kappa shape index (κ1) is 17.3. The molecule has 0 aliphatic carbocycles. The number of fused-ring (bicyclic) bond motifs is 3. The van der Waals surface area contributed by atoms with Gasteiger partial charge in [-0.15, -0.1) is 0 Å². The van der Waals surface area contributed by atoms with E-state index in [1.165, 1.54) is 22.4 Å². The van der Waals surface area contributed by atoms with Gasteiger partial charge in [0.25, 0.3) is 0 Å². The van der Waals surface area contributed by atoms with E-state index >= 15 is 0 Å². The molecule has 0 saturated heterocycles. The first-order chi connectivity index (χ1) is 11.5. The number of unbranched alkanes of at least 4 members (excludes halogenated alkanes) is 1. The minimum Gasteiger partial charge on any atom is -0.305 e. The van der Waals surface area contributed by atoms with Crippen molar-refractivity contribution in [2.45, 2.75) is 57.4 Å². The molecule has 24 heavy (non-hydrogen) atoms. The van der Waals surface area contributed by atoms with Gasteiger partial charge in [-0.1, -0.05) is 43.3 Å². The first-order valence-corrected chi connectivity index (χ1v) is 9.70. The van der Waals surface area contributed by atoms with Crippen LogP contribution >= 0.6 is 11.8 Å². The van der Waals surface area contributed by atoms with Crippen molar-refractivity contribution in [3.05, 3.63) is 35.4 Å². The Morgan fingerprint density at radius 2 is 2.17 bits per heavy atom. The highest BCUT2D eigenvalue weighted by Gasteiger charge is 2.31. The molecule has 3 rings (SSSR count). The number of nitrogens with zero attached hydrogens (tertiary/aromatic N) is 3. The molecule has 1 aromatic carbocycles. The molecule has 0 saturated carbocycles. The van der Waals surface area contributed by atoms with Gasteiger partial charge in [-0.05, 0) is 51.3 Å². The van der Waals surface area contributed by atoms with Crippen LogP contribution in [0.5, 0.6) is 0 Å². The maximum atomic E-state index is 4.96. The van der Waals surface area contributed by atoms with Crippen molar-refractivity contribution < 1.29 is 0 Å². The minimum atomic E-state index is -0.0823. The fourth-order valence-corrected chi connectivity index (χ4v) is 4.11. The molecule has 0 radical (unpaired) electrons. The van der Waals surface area contributed by atoms with Gasteiger partial charge >= 0.3 is 0 Å². The van der Waals surface area contributed by atoms with Crippen LogP contribution < -0.4 is 0 Å². The van der Waals surface area contributed by atoms with Crippen molar-refractivity contribution in [3.63, 3.8) is 0 Å². The molecule has 3 nitrogen and oxygen atoms in total. The molecule has 0 aromatic heterocycles. The Bertz CT molecular complexity index is 695. The summed E-state index contributed by atoms with van der Waals surface area (Å²) in [6, 6.07) is 6.70. The Labute approximate surface area is 150 Å². The zero-order valence-corrected chi connectivity index (χ0v) is 16.0. The Morgan fingerprint density at radius 1 is 1.33 bits per heavy atom. The summed E-state index contributed by atoms with van der Waals surface area (Å²) in [5.41, 5.74) is 2.43. The SMILES string of the molecule is CCC/C=C/c1ccc2c(c1)SC(=NC(C)(C)C)N1CCCN=C21. The summed E-state index contributed by atoms with van der Waals surface area (Å²) in [4.78, 5) is 13.3. The van der Waals surface area contributed by atoms with Crippen molar-refractivity contribution >= 4 is 28.8 Å². The average molecular weight is 342 g/mol. The van der Waals surface area contributed by atoms with Crippen molar-refractivity contribution in [3.8, 4) is 0 Å². The van der Waals surface area contributed by atoms with Gasteiger partial charge in [0.1, 0.15) is 5.84 Å². The molecule has 0 amide bonds. The van der Waals surface area contributed by atoms with E-state index in [9.17, 15) is 0 Å². The molecule has 4 heteroatoms. The summed E-state index contributed by atoms with van der Waals surface area (Å²) < 4.78 is 0. The predicted octanol–water partition coefficient (Wildman–Crippen LogP) is 5.21. The molecular formula is C20H27N3S. The maximum Gasteiger partial charge on any atom is 0.170 e. The molecule has 2 aliphatic rings. The molecule has 2 aliphatic heterocycles. The largest absolute Gasteiger partial charge is 0.305 e. The smallest absolute Gasteiger partial charge is 0.170 e. The Hall–Kier alpha value is -1.55. The van der Waals surface area contributed by atoms with Crippen LogP contribution in [0, 0.1) is 0 Å². The molecule has 1 aromatic rings. The highest BCUT2D eigenvalue weighted by atomic mass is 32.2. The average Bonchev–Trinajstić information content (AvgIpc) is 2.54. The van der Waals surface area contributed by atoms with Gasteiger partial charge in [0.05, 0.1) is 5.54 Å². The van der Waals surface area contributed by atoms with Gasteiger partial charge in [-0.3, -0.25) is 9.98 Å². The van der Waals surface area contributed by atoms with Crippen molar-refractivity contribution in [2.24, 2.45) is 9.98 Å². The number of allylic oxidation sites excluding steroid dienone is 1. The number of amidine groups is 2. The second kappa shape index (κ2) is 7.14. The lowest BCUT2D eigenvalue weighted by molar-refractivity contribution is 0.527. The summed E-state index contributed by atoms with van der Waals surface area (Å²) in [5.74, 6) is 1.10. The van der Waals surface area contributed by atoms with E-state index in [2.05, 4.69) is 62.9 Å². The number of aliphatic imine (C=N–C) groups is 2. The maximum absolute atomic E-state index is 4.96. The van der Waals surface area contributed by atoms with E-state index in [1.54, 1.807) is 11.8 Å². The fraction of sp³-hybridized carbons (Fsp3) is 0.500. The van der Waals surface area contributed by atoms with E-state index < -0.39 is 0 Å². The number of thioether (sulfide) groups is 1. The summed E-state index contributed by atoms with van der Waals surface area (Å²) >= 11 is 1.78. The number of hydrogen-bond acceptors (Lipinski definition) is 3. The number of rotatable bonds is 3. The molecule has 2 heterocycles. The monoisotopic (exact) mass is 341 g/mol. The predicted molar refractivity (Wildman–Crippen MR) is 106 cm³/mol. The third kappa shape index (κ3) is 3.92. The third-order valence-corrected chi connectivity index (χ3v) is 4.98. The van der Waals surface area contributed by atoms with Crippen LogP contribution in [0.25, 0.3) is 6.08 Å². The van der Waals surface area contributed by atoms with Crippen LogP contribution in [-0.2, 0) is 0 Å². The summed E-state index contributed by atoms with van der Waals surface area (Å²) in [7, 11) is 0. The van der Waals surface area contributed by atoms with E-state index in [4.69, 9.17) is 9.98 Å². The summed E-state index contributed by atoms with van der Waals surface area (Å²) in [6.45, 7) is 10.6. The second-order valence-electron chi connectivity index (χ2n) is 7.32. The molecule has 128 valence electrons. The van der Waals surface area contributed by atoms with Crippen LogP contribution in [0.2, 0.25) is 0 Å². The van der Waals surface area contributed by atoms with Gasteiger partial charge in [0.2, 0.25) is 0 Å². The highest BCUT2D eigenvalue weighted by molar-refractivity contribution is 8.14. The Balaban J connectivity index is 2.00. The standard InChI is InChI=1S/C20H27N3S/c1-5-6-7-9-15-10-11-16-17(14-15)24-19(22-20(2,3)4)23-13-8-12-21-18(16)23/h7,9-11,14H,5-6,8,12-13H2,1-4H3/b9-7+,22-19?. The molecule has 0 bridgehead atoms. The van der Waals surface area contributed by atoms with Crippen LogP contribution in [0.3, 0.4) is 0 Å². The molecular weight excluding hydrogens is 314 g/mol. The normalized spacial score (nSPS) is 19.4. The van der Waals surface area contributed by atoms with Gasteiger partial charge < -0.3 is 4.90 Å². The van der Waals surface area contributed by atoms with E-state index in [-0.39, 0.29) is 5.54 Å². The molecule has 0 N–H and O–H groups in total. The van der Waals surface area contributed by atoms with E-state index in [0.717, 1.165) is 36.9 Å². The quantitative estimate of drug-likeness (QED) is 0.754. The lowest BCUT2D eigenvalue weighted by Crippen LogP contribution is -2.43. The lowest BCUT2D eigenvalue weighted by Gasteiger charge is -2.36. The fourth-order valence-electron chi connectivity index (χ4n) is 2.84. The third-order valence-electron chi connectivity index (χ3n) is 3.93. The van der Waals surface area contributed by atoms with Crippen LogP contribution in [-0.4, -0.2) is 34.5 Å². The van der Waals surface area contributed by atoms with Crippen molar-refractivity contribution in [2.75, 3.05) is 13.1 Å². The second-order valence-corrected chi connectivity index (χ2v) is 8.33. The zero-order chi connectivity index (χ0) is 17.2. The van der Waals surface area contributed by atoms with Crippen molar-refractivity contribution in [1.29, 1.82) is 0 Å². The Morgan fingerprint density at radius 3 is 2.92 bits per heavy atom. The zero-order valence-electron chi connectivity index (χ0n) is 15.2. The van der Waals surface area contributed by atoms with Gasteiger partial charge in [0.15, 0.2) is 5.17 Å². The van der Waals surface area contributed by atoms with Gasteiger partial charge in [-0.25, -0.2) is 0 Å². The van der Waals surface area contributed by atoms with E-state index in [1.807, 2.05) is 0 Å². The van der Waals surface area contributed by atoms with Gasteiger partial charge in [0, 0.05) is 23.5 Å². The van der Waals surface area contributed by atoms with Gasteiger partial charge in [-0.2, -0.15) is 0 Å². The summed E-state index contributed by atoms with van der Waals surface area (Å²) in [6.07, 6.45) is 7.88. The topological polar surface area (TPSA) is 28.0 Å². The lowest BCUT2D eigenvalue weighted by atomic mass is 10.1. The molecule has 0 unspecified atom stereocenters. The molecule has 0 spiro atoms. The Kier molecular flexibility index (Phi) is 5.14. The highest BCUT2D eigenvalue weighted by Crippen LogP contribution is 2.36. The van der Waals surface area contributed by atoms with E-state index in [0.29, 0.717) is 0 Å². The number of benzene rings is 1. The number of hydrogen-bond donors (Lipinski definition) is 0. The van der Waals surface area contributed by atoms with Crippen LogP contribution in [0.4, 0.5) is 0 Å². The molecule has 0 atom stereocenters.